The molecular weight excluding hydrogens is 544 g/mol. The summed E-state index contributed by atoms with van der Waals surface area (Å²) < 4.78 is 17.9. The van der Waals surface area contributed by atoms with Crippen LogP contribution in [0.2, 0.25) is 0 Å². The Kier molecular flexibility index (Phi) is 9.41. The second-order valence-electron chi connectivity index (χ2n) is 9.27. The molecule has 214 valence electrons. The first kappa shape index (κ1) is 28.6. The Labute approximate surface area is 249 Å². The molecule has 0 radical (unpaired) electrons. The highest BCUT2D eigenvalue weighted by molar-refractivity contribution is 5.92. The van der Waals surface area contributed by atoms with Crippen LogP contribution in [-0.4, -0.2) is 31.2 Å². The first-order valence-electron chi connectivity index (χ1n) is 13.5. The number of anilines is 2. The van der Waals surface area contributed by atoms with Gasteiger partial charge in [0.2, 0.25) is 0 Å². The average Bonchev–Trinajstić information content (AvgIpc) is 3.05. The van der Waals surface area contributed by atoms with Crippen molar-refractivity contribution >= 4 is 29.8 Å². The third-order valence-electron chi connectivity index (χ3n) is 6.33. The highest BCUT2D eigenvalue weighted by atomic mass is 16.6. The van der Waals surface area contributed by atoms with Crippen LogP contribution in [0.4, 0.5) is 21.0 Å². The fraction of sp³-hybridized carbons (Fsp3) is 0.0571. The lowest BCUT2D eigenvalue weighted by Gasteiger charge is -2.34. The summed E-state index contributed by atoms with van der Waals surface area (Å²) in [6.07, 6.45) is -1.78. The molecule has 0 heterocycles. The Morgan fingerprint density at radius 3 is 1.53 bits per heavy atom. The van der Waals surface area contributed by atoms with Gasteiger partial charge in [-0.1, -0.05) is 72.8 Å². The normalized spacial score (nSPS) is 11.1. The summed E-state index contributed by atoms with van der Waals surface area (Å²) >= 11 is 0. The van der Waals surface area contributed by atoms with E-state index in [4.69, 9.17) is 14.2 Å². The van der Waals surface area contributed by atoms with Crippen molar-refractivity contribution in [2.75, 3.05) is 16.3 Å². The molecule has 0 saturated carbocycles. The minimum Gasteiger partial charge on any atom is -0.468 e. The second kappa shape index (κ2) is 14.1. The number of hydrogen-bond donors (Lipinski definition) is 0. The fourth-order valence-electron chi connectivity index (χ4n) is 4.26. The third-order valence-corrected chi connectivity index (χ3v) is 6.33. The van der Waals surface area contributed by atoms with Crippen molar-refractivity contribution in [3.63, 3.8) is 0 Å². The van der Waals surface area contributed by atoms with E-state index >= 15 is 0 Å². The number of amides is 2. The summed E-state index contributed by atoms with van der Waals surface area (Å²) in [5.74, 6) is 1.07. The summed E-state index contributed by atoms with van der Waals surface area (Å²) in [6, 6.07) is 41.7. The molecule has 8 heteroatoms. The van der Waals surface area contributed by atoms with Gasteiger partial charge in [-0.15, -0.1) is 0 Å². The minimum absolute atomic E-state index is 0.149. The van der Waals surface area contributed by atoms with Gasteiger partial charge in [0.05, 0.1) is 12.2 Å². The molecule has 8 nitrogen and oxygen atoms in total. The lowest BCUT2D eigenvalue weighted by Crippen LogP contribution is -2.53. The second-order valence-corrected chi connectivity index (χ2v) is 9.27. The molecule has 0 aliphatic carbocycles. The van der Waals surface area contributed by atoms with Gasteiger partial charge in [-0.25, -0.2) is 14.5 Å². The van der Waals surface area contributed by atoms with Crippen LogP contribution < -0.4 is 24.0 Å². The number of carbonyl (C=O) groups is 3. The van der Waals surface area contributed by atoms with Crippen LogP contribution >= 0.6 is 0 Å². The number of rotatable bonds is 10. The molecule has 0 aliphatic heterocycles. The molecule has 1 atom stereocenters. The van der Waals surface area contributed by atoms with E-state index in [2.05, 4.69) is 0 Å². The van der Waals surface area contributed by atoms with Crippen molar-refractivity contribution in [1.29, 1.82) is 0 Å². The molecule has 2 amide bonds. The standard InChI is InChI=1S/C35H28N2O6/c38-26-27-21-23-32(24-22-27)41-33(37(29-15-7-2-8-16-29)35(40)43-31-19-11-4-12-20-31)25-36(28-13-5-1-6-14-28)34(39)42-30-17-9-3-10-18-30/h1-24,26,33H,25H2. The highest BCUT2D eigenvalue weighted by Crippen LogP contribution is 2.26. The van der Waals surface area contributed by atoms with Crippen LogP contribution in [0.15, 0.2) is 146 Å². The van der Waals surface area contributed by atoms with Crippen molar-refractivity contribution < 1.29 is 28.6 Å². The Morgan fingerprint density at radius 2 is 1.02 bits per heavy atom. The summed E-state index contributed by atoms with van der Waals surface area (Å²) in [5.41, 5.74) is 1.46. The van der Waals surface area contributed by atoms with E-state index in [1.54, 1.807) is 121 Å². The van der Waals surface area contributed by atoms with Crippen LogP contribution in [0.25, 0.3) is 0 Å². The minimum atomic E-state index is -1.11. The zero-order chi connectivity index (χ0) is 29.9. The highest BCUT2D eigenvalue weighted by Gasteiger charge is 2.33. The van der Waals surface area contributed by atoms with Crippen molar-refractivity contribution in [2.24, 2.45) is 0 Å². The van der Waals surface area contributed by atoms with E-state index in [9.17, 15) is 14.4 Å². The van der Waals surface area contributed by atoms with Crippen LogP contribution in [0.3, 0.4) is 0 Å². The smallest absolute Gasteiger partial charge is 0.422 e. The van der Waals surface area contributed by atoms with E-state index in [-0.39, 0.29) is 6.54 Å². The van der Waals surface area contributed by atoms with Crippen molar-refractivity contribution in [3.05, 3.63) is 151 Å². The number of aldehydes is 1. The van der Waals surface area contributed by atoms with Crippen molar-refractivity contribution in [2.45, 2.75) is 6.23 Å². The molecule has 0 N–H and O–H groups in total. The van der Waals surface area contributed by atoms with Gasteiger partial charge in [0.1, 0.15) is 23.5 Å². The molecule has 43 heavy (non-hydrogen) atoms. The first-order chi connectivity index (χ1) is 21.1. The zero-order valence-corrected chi connectivity index (χ0v) is 23.1. The molecular formula is C35H28N2O6. The molecule has 5 aromatic carbocycles. The van der Waals surface area contributed by atoms with Crippen LogP contribution in [-0.2, 0) is 0 Å². The maximum Gasteiger partial charge on any atom is 0.422 e. The van der Waals surface area contributed by atoms with E-state index in [1.165, 1.54) is 9.80 Å². The van der Waals surface area contributed by atoms with Crippen LogP contribution in [0.5, 0.6) is 17.2 Å². The predicted octanol–water partition coefficient (Wildman–Crippen LogP) is 7.62. The number of nitrogens with zero attached hydrogens (tertiary/aromatic N) is 2. The topological polar surface area (TPSA) is 85.4 Å². The van der Waals surface area contributed by atoms with Gasteiger partial charge in [-0.2, -0.15) is 0 Å². The molecule has 0 saturated heterocycles. The molecule has 5 rings (SSSR count). The number of hydrogen-bond acceptors (Lipinski definition) is 6. The van der Waals surface area contributed by atoms with E-state index in [0.717, 1.165) is 6.29 Å². The van der Waals surface area contributed by atoms with Crippen molar-refractivity contribution in [1.82, 2.24) is 0 Å². The third kappa shape index (κ3) is 7.65. The maximum atomic E-state index is 13.9. The lowest BCUT2D eigenvalue weighted by atomic mass is 10.2. The van der Waals surface area contributed by atoms with Gasteiger partial charge < -0.3 is 14.2 Å². The zero-order valence-electron chi connectivity index (χ0n) is 23.1. The first-order valence-corrected chi connectivity index (χ1v) is 13.5. The maximum absolute atomic E-state index is 13.9. The van der Waals surface area contributed by atoms with E-state index < -0.39 is 18.4 Å². The number of para-hydroxylation sites is 4. The number of benzene rings is 5. The van der Waals surface area contributed by atoms with E-state index in [0.29, 0.717) is 34.2 Å². The van der Waals surface area contributed by atoms with Crippen LogP contribution in [0.1, 0.15) is 10.4 Å². The van der Waals surface area contributed by atoms with E-state index in [1.807, 2.05) is 24.3 Å². The Morgan fingerprint density at radius 1 is 0.558 bits per heavy atom. The molecule has 0 aromatic heterocycles. The quantitative estimate of drug-likeness (QED) is 0.126. The average molecular weight is 573 g/mol. The number of carbonyl (C=O) groups excluding carboxylic acids is 3. The summed E-state index contributed by atoms with van der Waals surface area (Å²) in [5, 5.41) is 0. The van der Waals surface area contributed by atoms with Gasteiger partial charge in [-0.05, 0) is 72.8 Å². The Hall–Kier alpha value is -5.89. The molecule has 0 bridgehead atoms. The summed E-state index contributed by atoms with van der Waals surface area (Å²) in [6.45, 7) is -0.149. The lowest BCUT2D eigenvalue weighted by molar-refractivity contribution is 0.112. The van der Waals surface area contributed by atoms with Crippen molar-refractivity contribution in [3.8, 4) is 17.2 Å². The van der Waals surface area contributed by atoms with Gasteiger partial charge >= 0.3 is 12.2 Å². The van der Waals surface area contributed by atoms with Gasteiger partial charge in [0.15, 0.2) is 6.23 Å². The molecule has 0 spiro atoms. The van der Waals surface area contributed by atoms with Gasteiger partial charge in [-0.3, -0.25) is 9.69 Å². The molecule has 5 aromatic rings. The van der Waals surface area contributed by atoms with Gasteiger partial charge in [0, 0.05) is 11.3 Å². The molecule has 1 unspecified atom stereocenters. The monoisotopic (exact) mass is 572 g/mol. The van der Waals surface area contributed by atoms with Crippen LogP contribution in [0, 0.1) is 0 Å². The Balaban J connectivity index is 1.56. The summed E-state index contributed by atoms with van der Waals surface area (Å²) in [4.78, 5) is 41.5. The number of ether oxygens (including phenoxy) is 3. The SMILES string of the molecule is O=Cc1ccc(OC(CN(C(=O)Oc2ccccc2)c2ccccc2)N(C(=O)Oc2ccccc2)c2ccccc2)cc1. The Bertz CT molecular complexity index is 1620. The predicted molar refractivity (Wildman–Crippen MR) is 164 cm³/mol. The molecule has 0 aliphatic rings. The largest absolute Gasteiger partial charge is 0.468 e. The van der Waals surface area contributed by atoms with Gasteiger partial charge in [0.25, 0.3) is 0 Å². The fourth-order valence-corrected chi connectivity index (χ4v) is 4.26. The molecule has 0 fully saturated rings. The summed E-state index contributed by atoms with van der Waals surface area (Å²) in [7, 11) is 0.